The first-order valence-electron chi connectivity index (χ1n) is 5.92. The molecular formula is C13H17ClN2O. The summed E-state index contributed by atoms with van der Waals surface area (Å²) in [5, 5.41) is 3.51. The van der Waals surface area contributed by atoms with E-state index >= 15 is 0 Å². The van der Waals surface area contributed by atoms with Gasteiger partial charge in [0.15, 0.2) is 0 Å². The third-order valence-electron chi connectivity index (χ3n) is 3.02. The number of hydrogen-bond acceptors (Lipinski definition) is 2. The summed E-state index contributed by atoms with van der Waals surface area (Å²) >= 11 is 5.79. The topological polar surface area (TPSA) is 55.1 Å². The zero-order valence-corrected chi connectivity index (χ0v) is 10.6. The van der Waals surface area contributed by atoms with Crippen LogP contribution in [0.4, 0.5) is 5.69 Å². The van der Waals surface area contributed by atoms with Gasteiger partial charge in [-0.05, 0) is 37.5 Å². The Morgan fingerprint density at radius 1 is 1.59 bits per heavy atom. The van der Waals surface area contributed by atoms with Gasteiger partial charge in [0.1, 0.15) is 0 Å². The Labute approximate surface area is 106 Å². The molecule has 1 aromatic carbocycles. The van der Waals surface area contributed by atoms with Crippen molar-refractivity contribution in [2.75, 3.05) is 5.73 Å². The van der Waals surface area contributed by atoms with Crippen molar-refractivity contribution >= 4 is 23.2 Å². The number of carbonyl (C=O) groups excluding carboxylic acids is 1. The van der Waals surface area contributed by atoms with Crippen LogP contribution in [0.15, 0.2) is 18.2 Å². The third-order valence-corrected chi connectivity index (χ3v) is 3.25. The second-order valence-corrected chi connectivity index (χ2v) is 5.22. The average Bonchev–Trinajstić information content (AvgIpc) is 3.00. The van der Waals surface area contributed by atoms with Crippen LogP contribution in [-0.4, -0.2) is 11.9 Å². The SMILES string of the molecule is CC(CC1CC1)NC(=O)c1ccc(Cl)cc1N. The molecule has 17 heavy (non-hydrogen) atoms. The molecule has 1 unspecified atom stereocenters. The molecule has 1 saturated carbocycles. The van der Waals surface area contributed by atoms with E-state index in [1.165, 1.54) is 12.8 Å². The summed E-state index contributed by atoms with van der Waals surface area (Å²) in [4.78, 5) is 12.0. The molecule has 4 heteroatoms. The fourth-order valence-electron chi connectivity index (χ4n) is 1.95. The quantitative estimate of drug-likeness (QED) is 0.810. The molecule has 1 aromatic rings. The van der Waals surface area contributed by atoms with Gasteiger partial charge >= 0.3 is 0 Å². The summed E-state index contributed by atoms with van der Waals surface area (Å²) in [6.07, 6.45) is 3.64. The third kappa shape index (κ3) is 3.37. The summed E-state index contributed by atoms with van der Waals surface area (Å²) < 4.78 is 0. The van der Waals surface area contributed by atoms with Crippen molar-refractivity contribution in [2.45, 2.75) is 32.2 Å². The number of hydrogen-bond donors (Lipinski definition) is 2. The summed E-state index contributed by atoms with van der Waals surface area (Å²) in [6.45, 7) is 2.03. The van der Waals surface area contributed by atoms with Gasteiger partial charge in [0.05, 0.1) is 5.56 Å². The summed E-state index contributed by atoms with van der Waals surface area (Å²) in [6, 6.07) is 5.14. The number of carbonyl (C=O) groups is 1. The van der Waals surface area contributed by atoms with Crippen molar-refractivity contribution in [3.63, 3.8) is 0 Å². The van der Waals surface area contributed by atoms with Crippen molar-refractivity contribution in [3.8, 4) is 0 Å². The molecular weight excluding hydrogens is 236 g/mol. The second kappa shape index (κ2) is 4.96. The van der Waals surface area contributed by atoms with Crippen LogP contribution in [0.3, 0.4) is 0 Å². The van der Waals surface area contributed by atoms with Crippen molar-refractivity contribution in [1.82, 2.24) is 5.32 Å². The van der Waals surface area contributed by atoms with Gasteiger partial charge in [-0.25, -0.2) is 0 Å². The van der Waals surface area contributed by atoms with Gasteiger partial charge in [-0.3, -0.25) is 4.79 Å². The Kier molecular flexibility index (Phi) is 3.57. The maximum Gasteiger partial charge on any atom is 0.253 e. The van der Waals surface area contributed by atoms with Crippen LogP contribution in [0.25, 0.3) is 0 Å². The van der Waals surface area contributed by atoms with Crippen LogP contribution in [0.1, 0.15) is 36.5 Å². The molecule has 3 nitrogen and oxygen atoms in total. The smallest absolute Gasteiger partial charge is 0.253 e. The lowest BCUT2D eigenvalue weighted by Gasteiger charge is -2.14. The molecule has 1 amide bonds. The molecule has 0 heterocycles. The van der Waals surface area contributed by atoms with E-state index in [9.17, 15) is 4.79 Å². The van der Waals surface area contributed by atoms with Crippen LogP contribution in [0.5, 0.6) is 0 Å². The first kappa shape index (κ1) is 12.2. The number of nitrogens with one attached hydrogen (secondary N) is 1. The Hall–Kier alpha value is -1.22. The van der Waals surface area contributed by atoms with E-state index in [1.807, 2.05) is 6.92 Å². The van der Waals surface area contributed by atoms with E-state index in [0.29, 0.717) is 16.3 Å². The van der Waals surface area contributed by atoms with Gasteiger partial charge in [0, 0.05) is 16.8 Å². The fourth-order valence-corrected chi connectivity index (χ4v) is 2.13. The molecule has 0 aromatic heterocycles. The minimum Gasteiger partial charge on any atom is -0.398 e. The van der Waals surface area contributed by atoms with Crippen LogP contribution in [0.2, 0.25) is 5.02 Å². The van der Waals surface area contributed by atoms with Crippen LogP contribution in [-0.2, 0) is 0 Å². The molecule has 1 aliphatic carbocycles. The van der Waals surface area contributed by atoms with Gasteiger partial charge in [-0.1, -0.05) is 24.4 Å². The van der Waals surface area contributed by atoms with Gasteiger partial charge in [0.2, 0.25) is 0 Å². The van der Waals surface area contributed by atoms with Crippen LogP contribution in [0, 0.1) is 5.92 Å². The first-order valence-corrected chi connectivity index (χ1v) is 6.30. The van der Waals surface area contributed by atoms with Gasteiger partial charge < -0.3 is 11.1 Å². The number of halogens is 1. The van der Waals surface area contributed by atoms with Crippen molar-refractivity contribution in [3.05, 3.63) is 28.8 Å². The lowest BCUT2D eigenvalue weighted by molar-refractivity contribution is 0.0938. The Morgan fingerprint density at radius 2 is 2.29 bits per heavy atom. The fraction of sp³-hybridized carbons (Fsp3) is 0.462. The van der Waals surface area contributed by atoms with E-state index in [0.717, 1.165) is 12.3 Å². The largest absolute Gasteiger partial charge is 0.398 e. The molecule has 3 N–H and O–H groups in total. The predicted molar refractivity (Wildman–Crippen MR) is 70.1 cm³/mol. The van der Waals surface area contributed by atoms with E-state index in [2.05, 4.69) is 5.32 Å². The number of amides is 1. The van der Waals surface area contributed by atoms with Crippen LogP contribution < -0.4 is 11.1 Å². The van der Waals surface area contributed by atoms with E-state index in [1.54, 1.807) is 18.2 Å². The lowest BCUT2D eigenvalue weighted by atomic mass is 10.1. The minimum absolute atomic E-state index is 0.118. The lowest BCUT2D eigenvalue weighted by Crippen LogP contribution is -2.33. The predicted octanol–water partition coefficient (Wildman–Crippen LogP) is 2.84. The number of nitrogens with two attached hydrogens (primary N) is 1. The zero-order valence-electron chi connectivity index (χ0n) is 9.87. The first-order chi connectivity index (χ1) is 8.06. The molecule has 92 valence electrons. The Balaban J connectivity index is 1.98. The Morgan fingerprint density at radius 3 is 2.88 bits per heavy atom. The average molecular weight is 253 g/mol. The Bertz CT molecular complexity index is 429. The highest BCUT2D eigenvalue weighted by atomic mass is 35.5. The zero-order chi connectivity index (χ0) is 12.4. The maximum absolute atomic E-state index is 12.0. The highest BCUT2D eigenvalue weighted by Gasteiger charge is 2.24. The summed E-state index contributed by atoms with van der Waals surface area (Å²) in [7, 11) is 0. The van der Waals surface area contributed by atoms with E-state index < -0.39 is 0 Å². The molecule has 0 radical (unpaired) electrons. The molecule has 1 atom stereocenters. The highest BCUT2D eigenvalue weighted by molar-refractivity contribution is 6.31. The van der Waals surface area contributed by atoms with Gasteiger partial charge in [0.25, 0.3) is 5.91 Å². The molecule has 1 aliphatic rings. The van der Waals surface area contributed by atoms with Crippen molar-refractivity contribution < 1.29 is 4.79 Å². The molecule has 0 bridgehead atoms. The number of rotatable bonds is 4. The number of anilines is 1. The molecule has 1 fully saturated rings. The summed E-state index contributed by atoms with van der Waals surface area (Å²) in [5.41, 5.74) is 6.69. The molecule has 0 saturated heterocycles. The van der Waals surface area contributed by atoms with E-state index in [-0.39, 0.29) is 11.9 Å². The second-order valence-electron chi connectivity index (χ2n) is 4.79. The number of nitrogen functional groups attached to an aromatic ring is 1. The monoisotopic (exact) mass is 252 g/mol. The molecule has 0 aliphatic heterocycles. The highest BCUT2D eigenvalue weighted by Crippen LogP contribution is 2.33. The van der Waals surface area contributed by atoms with Gasteiger partial charge in [-0.2, -0.15) is 0 Å². The van der Waals surface area contributed by atoms with Gasteiger partial charge in [-0.15, -0.1) is 0 Å². The normalized spacial score (nSPS) is 16.6. The standard InChI is InChI=1S/C13H17ClN2O/c1-8(6-9-2-3-9)16-13(17)11-5-4-10(14)7-12(11)15/h4-5,7-9H,2-3,6,15H2,1H3,(H,16,17). The molecule has 2 rings (SSSR count). The van der Waals surface area contributed by atoms with E-state index in [4.69, 9.17) is 17.3 Å². The summed E-state index contributed by atoms with van der Waals surface area (Å²) in [5.74, 6) is 0.681. The molecule has 0 spiro atoms. The minimum atomic E-state index is -0.118. The van der Waals surface area contributed by atoms with Crippen molar-refractivity contribution in [2.24, 2.45) is 5.92 Å². The van der Waals surface area contributed by atoms with Crippen molar-refractivity contribution in [1.29, 1.82) is 0 Å². The van der Waals surface area contributed by atoms with Crippen LogP contribution >= 0.6 is 11.6 Å². The maximum atomic E-state index is 12.0. The number of benzene rings is 1.